The van der Waals surface area contributed by atoms with E-state index in [1.165, 1.54) is 23.1 Å². The number of hydrogen-bond acceptors (Lipinski definition) is 7. The van der Waals surface area contributed by atoms with Crippen molar-refractivity contribution in [2.75, 3.05) is 12.0 Å². The van der Waals surface area contributed by atoms with Crippen LogP contribution in [0.25, 0.3) is 11.4 Å². The molecule has 10 heteroatoms. The molecular weight excluding hydrogens is 484 g/mol. The number of carbonyl (C=O) groups is 2. The Kier molecular flexibility index (Phi) is 7.61. The summed E-state index contributed by atoms with van der Waals surface area (Å²) in [5, 5.41) is 15.6. The fourth-order valence-corrected chi connectivity index (χ4v) is 3.99. The van der Waals surface area contributed by atoms with Crippen LogP contribution >= 0.6 is 0 Å². The Morgan fingerprint density at radius 2 is 1.79 bits per heavy atom. The van der Waals surface area contributed by atoms with Gasteiger partial charge in [-0.2, -0.15) is 4.80 Å². The highest BCUT2D eigenvalue weighted by atomic mass is 16.5. The molecule has 2 heterocycles. The molecule has 0 fully saturated rings. The molecule has 0 unspecified atom stereocenters. The molecule has 0 radical (unpaired) electrons. The van der Waals surface area contributed by atoms with E-state index in [4.69, 9.17) is 9.15 Å². The fraction of sp³-hybridized carbons (Fsp3) is 0.321. The van der Waals surface area contributed by atoms with Gasteiger partial charge < -0.3 is 14.5 Å². The van der Waals surface area contributed by atoms with Crippen molar-refractivity contribution in [1.29, 1.82) is 0 Å². The van der Waals surface area contributed by atoms with Crippen LogP contribution in [-0.4, -0.2) is 44.7 Å². The van der Waals surface area contributed by atoms with Crippen molar-refractivity contribution in [1.82, 2.24) is 25.5 Å². The highest BCUT2D eigenvalue weighted by Gasteiger charge is 2.38. The first-order valence-corrected chi connectivity index (χ1v) is 12.2. The van der Waals surface area contributed by atoms with Crippen molar-refractivity contribution < 1.29 is 18.7 Å². The second-order valence-corrected chi connectivity index (χ2v) is 10.1. The van der Waals surface area contributed by atoms with Gasteiger partial charge in [0.2, 0.25) is 5.82 Å². The number of nitrogens with one attached hydrogen (secondary N) is 1. The number of ether oxygens (including phenoxy) is 1. The zero-order chi connectivity index (χ0) is 27.4. The Balaban J connectivity index is 1.76. The fourth-order valence-electron chi connectivity index (χ4n) is 3.99. The Hall–Kier alpha value is -4.47. The van der Waals surface area contributed by atoms with Crippen molar-refractivity contribution in [2.45, 2.75) is 52.7 Å². The number of aryl methyl sites for hydroxylation is 2. The van der Waals surface area contributed by atoms with Crippen LogP contribution in [0.3, 0.4) is 0 Å². The van der Waals surface area contributed by atoms with Gasteiger partial charge in [-0.15, -0.1) is 10.2 Å². The molecule has 0 bridgehead atoms. The normalized spacial score (nSPS) is 12.2. The third-order valence-corrected chi connectivity index (χ3v) is 5.72. The van der Waals surface area contributed by atoms with Crippen molar-refractivity contribution in [3.8, 4) is 17.1 Å². The minimum absolute atomic E-state index is 0.268. The third kappa shape index (κ3) is 6.08. The van der Waals surface area contributed by atoms with Crippen LogP contribution in [-0.2, 0) is 16.1 Å². The predicted octanol–water partition coefficient (Wildman–Crippen LogP) is 4.25. The van der Waals surface area contributed by atoms with Crippen LogP contribution < -0.4 is 15.0 Å². The van der Waals surface area contributed by atoms with Gasteiger partial charge in [-0.05, 0) is 69.7 Å². The maximum absolute atomic E-state index is 14.0. The number of anilines is 1. The summed E-state index contributed by atoms with van der Waals surface area (Å²) in [6, 6.07) is 15.3. The van der Waals surface area contributed by atoms with Crippen LogP contribution in [0.5, 0.6) is 5.75 Å². The second-order valence-electron chi connectivity index (χ2n) is 10.1. The van der Waals surface area contributed by atoms with Gasteiger partial charge >= 0.3 is 0 Å². The average Bonchev–Trinajstić information content (AvgIpc) is 3.54. The van der Waals surface area contributed by atoms with Crippen LogP contribution in [0.1, 0.15) is 43.7 Å². The number of furan rings is 1. The Morgan fingerprint density at radius 3 is 2.42 bits per heavy atom. The van der Waals surface area contributed by atoms with Gasteiger partial charge in [-0.25, -0.2) is 0 Å². The van der Waals surface area contributed by atoms with E-state index < -0.39 is 23.4 Å². The van der Waals surface area contributed by atoms with Gasteiger partial charge in [-0.3, -0.25) is 14.5 Å². The number of methoxy groups -OCH3 is 1. The van der Waals surface area contributed by atoms with E-state index in [-0.39, 0.29) is 6.54 Å². The number of aromatic nitrogens is 4. The quantitative estimate of drug-likeness (QED) is 0.372. The lowest BCUT2D eigenvalue weighted by atomic mass is 10.0. The monoisotopic (exact) mass is 516 g/mol. The molecule has 198 valence electrons. The molecular formula is C28H32N6O4. The molecule has 0 aliphatic heterocycles. The first-order valence-electron chi connectivity index (χ1n) is 12.2. The summed E-state index contributed by atoms with van der Waals surface area (Å²) in [5.74, 6) is 0.264. The summed E-state index contributed by atoms with van der Waals surface area (Å²) in [6.07, 6.45) is 1.47. The van der Waals surface area contributed by atoms with E-state index in [0.29, 0.717) is 23.0 Å². The number of nitrogens with zero attached hydrogens (tertiary/aromatic N) is 5. The van der Waals surface area contributed by atoms with E-state index in [1.54, 1.807) is 24.3 Å². The molecule has 4 aromatic rings. The molecule has 1 N–H and O–H groups in total. The molecule has 2 amide bonds. The summed E-state index contributed by atoms with van der Waals surface area (Å²) < 4.78 is 11.3. The topological polar surface area (TPSA) is 115 Å². The molecule has 1 atom stereocenters. The molecule has 10 nitrogen and oxygen atoms in total. The Labute approximate surface area is 221 Å². The summed E-state index contributed by atoms with van der Waals surface area (Å²) >= 11 is 0. The van der Waals surface area contributed by atoms with E-state index in [0.717, 1.165) is 16.7 Å². The van der Waals surface area contributed by atoms with E-state index in [1.807, 2.05) is 65.0 Å². The van der Waals surface area contributed by atoms with E-state index in [2.05, 4.69) is 20.7 Å². The molecule has 2 aromatic heterocycles. The lowest BCUT2D eigenvalue weighted by Crippen LogP contribution is -2.50. The minimum atomic E-state index is -1.12. The van der Waals surface area contributed by atoms with Crippen molar-refractivity contribution in [3.63, 3.8) is 0 Å². The lowest BCUT2D eigenvalue weighted by molar-refractivity contribution is -0.128. The van der Waals surface area contributed by atoms with Gasteiger partial charge in [0.15, 0.2) is 6.04 Å². The van der Waals surface area contributed by atoms with E-state index >= 15 is 0 Å². The Morgan fingerprint density at radius 1 is 1.08 bits per heavy atom. The number of rotatable bonds is 8. The van der Waals surface area contributed by atoms with Gasteiger partial charge in [0.25, 0.3) is 11.8 Å². The molecule has 0 saturated carbocycles. The summed E-state index contributed by atoms with van der Waals surface area (Å²) in [4.78, 5) is 30.3. The molecule has 0 aliphatic rings. The summed E-state index contributed by atoms with van der Waals surface area (Å²) in [5.41, 5.74) is 2.64. The SMILES string of the molecule is COc1ccc(C)cc1N(C(=O)Cn1nnc(-c2ccc(C)cc2)n1)[C@@H](C(=O)NC(C)(C)C)c1ccco1. The molecule has 0 aliphatic carbocycles. The largest absolute Gasteiger partial charge is 0.495 e. The highest BCUT2D eigenvalue weighted by molar-refractivity contribution is 6.02. The van der Waals surface area contributed by atoms with Gasteiger partial charge in [0.1, 0.15) is 18.1 Å². The maximum Gasteiger partial charge on any atom is 0.251 e. The predicted molar refractivity (Wildman–Crippen MR) is 143 cm³/mol. The number of carbonyl (C=O) groups excluding carboxylic acids is 2. The number of amides is 2. The summed E-state index contributed by atoms with van der Waals surface area (Å²) in [7, 11) is 1.51. The lowest BCUT2D eigenvalue weighted by Gasteiger charge is -2.33. The number of tetrazole rings is 1. The molecule has 4 rings (SSSR count). The standard InChI is InChI=1S/C28H32N6O4/c1-18-9-12-20(13-10-18)26-30-32-33(31-26)17-24(35)34(21-16-19(2)11-14-22(21)37-6)25(23-8-7-15-38-23)27(36)29-28(3,4)5/h7-16,25H,17H2,1-6H3,(H,29,36)/t25-/m1/s1. The van der Waals surface area contributed by atoms with Crippen LogP contribution in [0.15, 0.2) is 65.3 Å². The van der Waals surface area contributed by atoms with E-state index in [9.17, 15) is 9.59 Å². The first kappa shape index (κ1) is 26.6. The molecule has 2 aromatic carbocycles. The van der Waals surface area contributed by atoms with Crippen LogP contribution in [0.4, 0.5) is 5.69 Å². The number of benzene rings is 2. The molecule has 0 saturated heterocycles. The minimum Gasteiger partial charge on any atom is -0.495 e. The van der Waals surface area contributed by atoms with Crippen LogP contribution in [0, 0.1) is 13.8 Å². The van der Waals surface area contributed by atoms with Crippen LogP contribution in [0.2, 0.25) is 0 Å². The molecule has 38 heavy (non-hydrogen) atoms. The van der Waals surface area contributed by atoms with Gasteiger partial charge in [0.05, 0.1) is 19.1 Å². The van der Waals surface area contributed by atoms with Gasteiger partial charge in [-0.1, -0.05) is 35.9 Å². The smallest absolute Gasteiger partial charge is 0.251 e. The summed E-state index contributed by atoms with van der Waals surface area (Å²) in [6.45, 7) is 9.23. The zero-order valence-electron chi connectivity index (χ0n) is 22.4. The van der Waals surface area contributed by atoms with Gasteiger partial charge in [0, 0.05) is 11.1 Å². The van der Waals surface area contributed by atoms with Crippen molar-refractivity contribution >= 4 is 17.5 Å². The number of hydrogen-bond donors (Lipinski definition) is 1. The van der Waals surface area contributed by atoms with Crippen molar-refractivity contribution in [2.24, 2.45) is 0 Å². The van der Waals surface area contributed by atoms with Crippen molar-refractivity contribution in [3.05, 3.63) is 77.7 Å². The molecule has 0 spiro atoms. The maximum atomic E-state index is 14.0. The average molecular weight is 517 g/mol. The second kappa shape index (κ2) is 10.9. The zero-order valence-corrected chi connectivity index (χ0v) is 22.4. The Bertz CT molecular complexity index is 1400. The third-order valence-electron chi connectivity index (χ3n) is 5.72. The first-order chi connectivity index (χ1) is 18.1. The highest BCUT2D eigenvalue weighted by Crippen LogP contribution is 2.36.